The first kappa shape index (κ1) is 18.5. The van der Waals surface area contributed by atoms with E-state index in [1.54, 1.807) is 19.2 Å². The Kier molecular flexibility index (Phi) is 5.42. The van der Waals surface area contributed by atoms with E-state index >= 15 is 0 Å². The Labute approximate surface area is 167 Å². The van der Waals surface area contributed by atoms with Crippen LogP contribution < -0.4 is 24.8 Å². The van der Waals surface area contributed by atoms with Crippen LogP contribution in [0.1, 0.15) is 21.6 Å². The summed E-state index contributed by atoms with van der Waals surface area (Å²) >= 11 is 0. The minimum Gasteiger partial charge on any atom is -0.497 e. The molecule has 2 heterocycles. The molecule has 0 saturated heterocycles. The first-order chi connectivity index (χ1) is 14.2. The minimum absolute atomic E-state index is 0.222. The highest BCUT2D eigenvalue weighted by atomic mass is 16.7. The fourth-order valence-corrected chi connectivity index (χ4v) is 2.81. The molecule has 8 nitrogen and oxygen atoms in total. The summed E-state index contributed by atoms with van der Waals surface area (Å²) in [7, 11) is 1.63. The van der Waals surface area contributed by atoms with Crippen molar-refractivity contribution >= 4 is 11.7 Å². The molecule has 2 aromatic carbocycles. The van der Waals surface area contributed by atoms with Crippen LogP contribution in [0.25, 0.3) is 0 Å². The topological polar surface area (TPSA) is 94.6 Å². The second-order valence-corrected chi connectivity index (χ2v) is 6.38. The van der Waals surface area contributed by atoms with Crippen molar-refractivity contribution in [3.63, 3.8) is 0 Å². The van der Waals surface area contributed by atoms with E-state index in [1.165, 1.54) is 0 Å². The zero-order valence-electron chi connectivity index (χ0n) is 15.8. The van der Waals surface area contributed by atoms with Gasteiger partial charge in [-0.1, -0.05) is 18.2 Å². The van der Waals surface area contributed by atoms with Crippen LogP contribution in [0.2, 0.25) is 0 Å². The van der Waals surface area contributed by atoms with Gasteiger partial charge in [-0.25, -0.2) is 0 Å². The van der Waals surface area contributed by atoms with Crippen LogP contribution in [0.5, 0.6) is 17.2 Å². The van der Waals surface area contributed by atoms with Crippen LogP contribution in [0.3, 0.4) is 0 Å². The molecule has 148 valence electrons. The fourth-order valence-electron chi connectivity index (χ4n) is 2.81. The zero-order chi connectivity index (χ0) is 20.1. The summed E-state index contributed by atoms with van der Waals surface area (Å²) < 4.78 is 15.8. The third-order valence-corrected chi connectivity index (χ3v) is 4.42. The predicted octanol–water partition coefficient (Wildman–Crippen LogP) is 2.76. The molecule has 1 aliphatic rings. The molecular weight excluding hydrogens is 372 g/mol. The van der Waals surface area contributed by atoms with Gasteiger partial charge in [0.15, 0.2) is 17.2 Å². The summed E-state index contributed by atoms with van der Waals surface area (Å²) in [5.74, 6) is 2.50. The molecule has 0 bridgehead atoms. The number of methoxy groups -OCH3 is 1. The first-order valence-corrected chi connectivity index (χ1v) is 9.08. The Bertz CT molecular complexity index is 991. The Hall–Kier alpha value is -3.81. The van der Waals surface area contributed by atoms with E-state index in [2.05, 4.69) is 20.8 Å². The number of ether oxygens (including phenoxy) is 3. The monoisotopic (exact) mass is 392 g/mol. The van der Waals surface area contributed by atoms with E-state index in [9.17, 15) is 4.79 Å². The summed E-state index contributed by atoms with van der Waals surface area (Å²) in [4.78, 5) is 12.3. The molecule has 0 aliphatic carbocycles. The largest absolute Gasteiger partial charge is 0.497 e. The van der Waals surface area contributed by atoms with Gasteiger partial charge in [-0.3, -0.25) is 4.79 Å². The second kappa shape index (κ2) is 8.47. The third kappa shape index (κ3) is 4.55. The van der Waals surface area contributed by atoms with E-state index in [1.807, 2.05) is 42.5 Å². The Morgan fingerprint density at radius 3 is 2.52 bits per heavy atom. The van der Waals surface area contributed by atoms with E-state index in [0.717, 1.165) is 16.9 Å². The highest BCUT2D eigenvalue weighted by molar-refractivity contribution is 5.92. The maximum Gasteiger partial charge on any atom is 0.272 e. The number of anilines is 1. The maximum absolute atomic E-state index is 12.3. The lowest BCUT2D eigenvalue weighted by Gasteiger charge is -2.08. The molecule has 0 radical (unpaired) electrons. The highest BCUT2D eigenvalue weighted by Gasteiger charge is 2.14. The second-order valence-electron chi connectivity index (χ2n) is 6.38. The number of hydrogen-bond acceptors (Lipinski definition) is 7. The molecule has 1 amide bonds. The molecule has 8 heteroatoms. The standard InChI is InChI=1S/C21H20N4O4/c1-27-16-5-2-14(3-6-16)11-22-20-9-7-17(24-25-20)21(26)23-12-15-4-8-18-19(10-15)29-13-28-18/h2-10H,11-13H2,1H3,(H,22,25)(H,23,26). The van der Waals surface area contributed by atoms with Gasteiger partial charge in [-0.05, 0) is 47.5 Å². The van der Waals surface area contributed by atoms with Crippen LogP contribution in [0.4, 0.5) is 5.82 Å². The van der Waals surface area contributed by atoms with Crippen molar-refractivity contribution in [3.8, 4) is 17.2 Å². The molecule has 0 spiro atoms. The molecule has 4 rings (SSSR count). The fraction of sp³-hybridized carbons (Fsp3) is 0.190. The molecule has 29 heavy (non-hydrogen) atoms. The van der Waals surface area contributed by atoms with Crippen molar-refractivity contribution in [2.45, 2.75) is 13.1 Å². The molecule has 3 aromatic rings. The SMILES string of the molecule is COc1ccc(CNc2ccc(C(=O)NCc3ccc4c(c3)OCO4)nn2)cc1. The van der Waals surface area contributed by atoms with E-state index in [-0.39, 0.29) is 18.4 Å². The summed E-state index contributed by atoms with van der Waals surface area (Å²) in [6.07, 6.45) is 0. The number of aromatic nitrogens is 2. The van der Waals surface area contributed by atoms with Crippen molar-refractivity contribution in [1.82, 2.24) is 15.5 Å². The average molecular weight is 392 g/mol. The predicted molar refractivity (Wildman–Crippen MR) is 106 cm³/mol. The Morgan fingerprint density at radius 2 is 1.76 bits per heavy atom. The number of nitrogens with one attached hydrogen (secondary N) is 2. The molecule has 0 saturated carbocycles. The van der Waals surface area contributed by atoms with Gasteiger partial charge in [-0.2, -0.15) is 0 Å². The van der Waals surface area contributed by atoms with Crippen LogP contribution in [-0.4, -0.2) is 30.0 Å². The summed E-state index contributed by atoms with van der Waals surface area (Å²) in [6.45, 7) is 1.17. The quantitative estimate of drug-likeness (QED) is 0.638. The van der Waals surface area contributed by atoms with Crippen LogP contribution in [0, 0.1) is 0 Å². The van der Waals surface area contributed by atoms with Gasteiger partial charge < -0.3 is 24.8 Å². The molecule has 2 N–H and O–H groups in total. The number of fused-ring (bicyclic) bond motifs is 1. The lowest BCUT2D eigenvalue weighted by atomic mass is 10.2. The zero-order valence-corrected chi connectivity index (χ0v) is 15.8. The molecular formula is C21H20N4O4. The number of nitrogens with zero attached hydrogens (tertiary/aromatic N) is 2. The lowest BCUT2D eigenvalue weighted by molar-refractivity contribution is 0.0945. The van der Waals surface area contributed by atoms with Crippen molar-refractivity contribution in [2.75, 3.05) is 19.2 Å². The molecule has 1 aliphatic heterocycles. The van der Waals surface area contributed by atoms with Gasteiger partial charge >= 0.3 is 0 Å². The van der Waals surface area contributed by atoms with Crippen LogP contribution in [0.15, 0.2) is 54.6 Å². The summed E-state index contributed by atoms with van der Waals surface area (Å²) in [6, 6.07) is 16.7. The summed E-state index contributed by atoms with van der Waals surface area (Å²) in [5.41, 5.74) is 2.24. The minimum atomic E-state index is -0.295. The van der Waals surface area contributed by atoms with Crippen molar-refractivity contribution in [3.05, 3.63) is 71.4 Å². The molecule has 0 atom stereocenters. The van der Waals surface area contributed by atoms with E-state index in [4.69, 9.17) is 14.2 Å². The number of rotatable bonds is 7. The van der Waals surface area contributed by atoms with Crippen LogP contribution in [-0.2, 0) is 13.1 Å². The smallest absolute Gasteiger partial charge is 0.272 e. The number of benzene rings is 2. The average Bonchev–Trinajstić information content (AvgIpc) is 3.24. The van der Waals surface area contributed by atoms with Gasteiger partial charge in [0, 0.05) is 13.1 Å². The highest BCUT2D eigenvalue weighted by Crippen LogP contribution is 2.32. The van der Waals surface area contributed by atoms with Crippen LogP contribution >= 0.6 is 0 Å². The van der Waals surface area contributed by atoms with Crippen molar-refractivity contribution in [1.29, 1.82) is 0 Å². The molecule has 0 unspecified atom stereocenters. The van der Waals surface area contributed by atoms with Gasteiger partial charge in [0.2, 0.25) is 6.79 Å². The molecule has 0 fully saturated rings. The van der Waals surface area contributed by atoms with Crippen molar-refractivity contribution < 1.29 is 19.0 Å². The normalized spacial score (nSPS) is 11.8. The molecule has 1 aromatic heterocycles. The van der Waals surface area contributed by atoms with Gasteiger partial charge in [0.05, 0.1) is 7.11 Å². The lowest BCUT2D eigenvalue weighted by Crippen LogP contribution is -2.24. The van der Waals surface area contributed by atoms with E-state index in [0.29, 0.717) is 30.4 Å². The number of carbonyl (C=O) groups excluding carboxylic acids is 1. The maximum atomic E-state index is 12.3. The Morgan fingerprint density at radius 1 is 0.966 bits per heavy atom. The number of hydrogen-bond donors (Lipinski definition) is 2. The van der Waals surface area contributed by atoms with Gasteiger partial charge in [0.25, 0.3) is 5.91 Å². The van der Waals surface area contributed by atoms with E-state index < -0.39 is 0 Å². The Balaban J connectivity index is 1.29. The number of carbonyl (C=O) groups is 1. The third-order valence-electron chi connectivity index (χ3n) is 4.42. The number of amides is 1. The van der Waals surface area contributed by atoms with Gasteiger partial charge in [-0.15, -0.1) is 10.2 Å². The first-order valence-electron chi connectivity index (χ1n) is 9.08. The van der Waals surface area contributed by atoms with Crippen molar-refractivity contribution in [2.24, 2.45) is 0 Å². The van der Waals surface area contributed by atoms with Gasteiger partial charge in [0.1, 0.15) is 11.6 Å². The summed E-state index contributed by atoms with van der Waals surface area (Å²) in [5, 5.41) is 14.1.